The first-order valence-electron chi connectivity index (χ1n) is 3.34. The van der Waals surface area contributed by atoms with Crippen molar-refractivity contribution in [3.63, 3.8) is 0 Å². The molecule has 0 fully saturated rings. The standard InChI is InChI=1S/C8H7N3/c9-4-6-1-2-7-5-10-11-8(7)3-6/h1-5,9H,(H,10,11). The van der Waals surface area contributed by atoms with Gasteiger partial charge >= 0.3 is 0 Å². The van der Waals surface area contributed by atoms with Crippen molar-refractivity contribution in [2.45, 2.75) is 0 Å². The van der Waals surface area contributed by atoms with Crippen LogP contribution in [0.3, 0.4) is 0 Å². The lowest BCUT2D eigenvalue weighted by atomic mass is 10.2. The summed E-state index contributed by atoms with van der Waals surface area (Å²) in [5.41, 5.74) is 1.87. The smallest absolute Gasteiger partial charge is 0.0656 e. The first-order chi connectivity index (χ1) is 5.40. The van der Waals surface area contributed by atoms with Gasteiger partial charge < -0.3 is 5.41 Å². The SMILES string of the molecule is N=Cc1ccc2cn[nH]c2c1. The van der Waals surface area contributed by atoms with Crippen molar-refractivity contribution in [2.75, 3.05) is 0 Å². The van der Waals surface area contributed by atoms with Gasteiger partial charge in [0.15, 0.2) is 0 Å². The molecule has 1 aromatic carbocycles. The Balaban J connectivity index is 2.76. The Bertz CT molecular complexity index is 389. The summed E-state index contributed by atoms with van der Waals surface area (Å²) in [7, 11) is 0. The highest BCUT2D eigenvalue weighted by molar-refractivity contribution is 5.86. The lowest BCUT2D eigenvalue weighted by Gasteiger charge is -1.89. The van der Waals surface area contributed by atoms with Crippen molar-refractivity contribution in [1.82, 2.24) is 10.2 Å². The molecule has 0 amide bonds. The fraction of sp³-hybridized carbons (Fsp3) is 0. The number of H-pyrrole nitrogens is 1. The van der Waals surface area contributed by atoms with E-state index < -0.39 is 0 Å². The lowest BCUT2D eigenvalue weighted by Crippen LogP contribution is -1.77. The fourth-order valence-electron chi connectivity index (χ4n) is 1.04. The summed E-state index contributed by atoms with van der Waals surface area (Å²) in [5.74, 6) is 0. The average Bonchev–Trinajstić information content (AvgIpc) is 2.50. The molecule has 0 aliphatic heterocycles. The van der Waals surface area contributed by atoms with Crippen molar-refractivity contribution in [1.29, 1.82) is 5.41 Å². The fourth-order valence-corrected chi connectivity index (χ4v) is 1.04. The van der Waals surface area contributed by atoms with E-state index in [2.05, 4.69) is 10.2 Å². The molecule has 0 saturated carbocycles. The third-order valence-corrected chi connectivity index (χ3v) is 1.63. The Morgan fingerprint density at radius 1 is 1.45 bits per heavy atom. The van der Waals surface area contributed by atoms with Crippen LogP contribution in [0.2, 0.25) is 0 Å². The van der Waals surface area contributed by atoms with Gasteiger partial charge in [0, 0.05) is 11.6 Å². The molecule has 54 valence electrons. The van der Waals surface area contributed by atoms with E-state index in [0.717, 1.165) is 16.5 Å². The van der Waals surface area contributed by atoms with Crippen LogP contribution in [0.1, 0.15) is 5.56 Å². The maximum absolute atomic E-state index is 7.01. The zero-order valence-electron chi connectivity index (χ0n) is 5.83. The minimum absolute atomic E-state index is 0.891. The van der Waals surface area contributed by atoms with Gasteiger partial charge in [-0.2, -0.15) is 5.10 Å². The molecule has 0 aliphatic rings. The van der Waals surface area contributed by atoms with Crippen molar-refractivity contribution in [3.05, 3.63) is 30.0 Å². The molecule has 0 spiro atoms. The number of rotatable bonds is 1. The van der Waals surface area contributed by atoms with Gasteiger partial charge in [-0.25, -0.2) is 0 Å². The number of aromatic amines is 1. The largest absolute Gasteiger partial charge is 0.308 e. The van der Waals surface area contributed by atoms with E-state index in [1.807, 2.05) is 18.2 Å². The van der Waals surface area contributed by atoms with Crippen LogP contribution < -0.4 is 0 Å². The number of fused-ring (bicyclic) bond motifs is 1. The van der Waals surface area contributed by atoms with E-state index in [1.54, 1.807) is 6.20 Å². The predicted molar refractivity (Wildman–Crippen MR) is 44.0 cm³/mol. The zero-order valence-corrected chi connectivity index (χ0v) is 5.83. The summed E-state index contributed by atoms with van der Waals surface area (Å²) >= 11 is 0. The molecule has 0 atom stereocenters. The maximum Gasteiger partial charge on any atom is 0.0656 e. The Kier molecular flexibility index (Phi) is 1.22. The number of nitrogens with one attached hydrogen (secondary N) is 2. The molecule has 0 radical (unpaired) electrons. The number of nitrogens with zero attached hydrogens (tertiary/aromatic N) is 1. The first-order valence-corrected chi connectivity index (χ1v) is 3.34. The van der Waals surface area contributed by atoms with Gasteiger partial charge in [-0.3, -0.25) is 5.10 Å². The molecule has 3 heteroatoms. The Morgan fingerprint density at radius 2 is 2.36 bits per heavy atom. The average molecular weight is 145 g/mol. The monoisotopic (exact) mass is 145 g/mol. The highest BCUT2D eigenvalue weighted by Crippen LogP contribution is 2.10. The quantitative estimate of drug-likeness (QED) is 0.588. The molecule has 0 bridgehead atoms. The Labute approximate surface area is 63.6 Å². The third-order valence-electron chi connectivity index (χ3n) is 1.63. The van der Waals surface area contributed by atoms with E-state index in [9.17, 15) is 0 Å². The van der Waals surface area contributed by atoms with Crippen molar-refractivity contribution in [3.8, 4) is 0 Å². The minimum atomic E-state index is 0.891. The van der Waals surface area contributed by atoms with E-state index in [1.165, 1.54) is 6.21 Å². The summed E-state index contributed by atoms with van der Waals surface area (Å²) in [6.07, 6.45) is 3.09. The van der Waals surface area contributed by atoms with Gasteiger partial charge in [0.1, 0.15) is 0 Å². The van der Waals surface area contributed by atoms with Crippen LogP contribution in [0, 0.1) is 5.41 Å². The van der Waals surface area contributed by atoms with Crippen LogP contribution >= 0.6 is 0 Å². The molecular formula is C8H7N3. The Hall–Kier alpha value is -1.64. The van der Waals surface area contributed by atoms with Gasteiger partial charge in [0.25, 0.3) is 0 Å². The molecule has 0 aliphatic carbocycles. The van der Waals surface area contributed by atoms with Crippen LogP contribution in [-0.4, -0.2) is 16.4 Å². The van der Waals surface area contributed by atoms with Gasteiger partial charge in [0.2, 0.25) is 0 Å². The molecule has 0 saturated heterocycles. The highest BCUT2D eigenvalue weighted by Gasteiger charge is 1.94. The number of hydrogen-bond donors (Lipinski definition) is 2. The predicted octanol–water partition coefficient (Wildman–Crippen LogP) is 1.56. The van der Waals surface area contributed by atoms with Crippen molar-refractivity contribution < 1.29 is 0 Å². The van der Waals surface area contributed by atoms with Gasteiger partial charge in [0.05, 0.1) is 11.7 Å². The number of hydrogen-bond acceptors (Lipinski definition) is 2. The molecule has 3 nitrogen and oxygen atoms in total. The number of benzene rings is 1. The molecular weight excluding hydrogens is 138 g/mol. The van der Waals surface area contributed by atoms with E-state index in [-0.39, 0.29) is 0 Å². The zero-order chi connectivity index (χ0) is 7.68. The summed E-state index contributed by atoms with van der Waals surface area (Å²) in [6, 6.07) is 5.74. The number of aromatic nitrogens is 2. The van der Waals surface area contributed by atoms with Gasteiger partial charge in [-0.15, -0.1) is 0 Å². The minimum Gasteiger partial charge on any atom is -0.308 e. The lowest BCUT2D eigenvalue weighted by molar-refractivity contribution is 1.12. The third kappa shape index (κ3) is 0.902. The van der Waals surface area contributed by atoms with Gasteiger partial charge in [-0.05, 0) is 11.6 Å². The van der Waals surface area contributed by atoms with E-state index in [0.29, 0.717) is 0 Å². The second-order valence-electron chi connectivity index (χ2n) is 2.36. The summed E-state index contributed by atoms with van der Waals surface area (Å²) < 4.78 is 0. The summed E-state index contributed by atoms with van der Waals surface area (Å²) in [6.45, 7) is 0. The van der Waals surface area contributed by atoms with Crippen LogP contribution in [-0.2, 0) is 0 Å². The molecule has 11 heavy (non-hydrogen) atoms. The second kappa shape index (κ2) is 2.20. The summed E-state index contributed by atoms with van der Waals surface area (Å²) in [5, 5.41) is 14.8. The normalized spacial score (nSPS) is 10.2. The van der Waals surface area contributed by atoms with Crippen LogP contribution in [0.15, 0.2) is 24.4 Å². The molecule has 1 aromatic heterocycles. The maximum atomic E-state index is 7.01. The molecule has 0 unspecified atom stereocenters. The topological polar surface area (TPSA) is 52.5 Å². The van der Waals surface area contributed by atoms with Crippen molar-refractivity contribution >= 4 is 17.1 Å². The van der Waals surface area contributed by atoms with Crippen molar-refractivity contribution in [2.24, 2.45) is 0 Å². The first kappa shape index (κ1) is 6.09. The van der Waals surface area contributed by atoms with Crippen LogP contribution in [0.5, 0.6) is 0 Å². The van der Waals surface area contributed by atoms with E-state index >= 15 is 0 Å². The second-order valence-corrected chi connectivity index (χ2v) is 2.36. The summed E-state index contributed by atoms with van der Waals surface area (Å²) in [4.78, 5) is 0. The van der Waals surface area contributed by atoms with Crippen LogP contribution in [0.25, 0.3) is 10.9 Å². The van der Waals surface area contributed by atoms with Gasteiger partial charge in [-0.1, -0.05) is 12.1 Å². The Morgan fingerprint density at radius 3 is 3.18 bits per heavy atom. The molecule has 2 aromatic rings. The van der Waals surface area contributed by atoms with E-state index in [4.69, 9.17) is 5.41 Å². The molecule has 2 N–H and O–H groups in total. The molecule has 2 rings (SSSR count). The molecule has 1 heterocycles. The highest BCUT2D eigenvalue weighted by atomic mass is 15.1. The van der Waals surface area contributed by atoms with Crippen LogP contribution in [0.4, 0.5) is 0 Å².